The Labute approximate surface area is 85.1 Å². The summed E-state index contributed by atoms with van der Waals surface area (Å²) in [6.07, 6.45) is 5.21. The van der Waals surface area contributed by atoms with Crippen LogP contribution in [-0.4, -0.2) is 16.0 Å². The van der Waals surface area contributed by atoms with Crippen molar-refractivity contribution < 1.29 is 0 Å². The van der Waals surface area contributed by atoms with Gasteiger partial charge in [0, 0.05) is 6.04 Å². The molecule has 0 saturated heterocycles. The molecule has 0 amide bonds. The molecule has 1 aromatic heterocycles. The molecule has 0 bridgehead atoms. The van der Waals surface area contributed by atoms with Crippen molar-refractivity contribution in [3.63, 3.8) is 0 Å². The fraction of sp³-hybridized carbons (Fsp3) is 0.500. The average Bonchev–Trinajstić information content (AvgIpc) is 2.04. The molecule has 1 aromatic rings. The van der Waals surface area contributed by atoms with E-state index in [4.69, 9.17) is 5.73 Å². The second kappa shape index (κ2) is 3.49. The summed E-state index contributed by atoms with van der Waals surface area (Å²) in [4.78, 5) is 7.98. The Morgan fingerprint density at radius 2 is 2.23 bits per heavy atom. The summed E-state index contributed by atoms with van der Waals surface area (Å²) in [5.74, 6) is 1.29. The molecule has 0 atom stereocenters. The summed E-state index contributed by atoms with van der Waals surface area (Å²) in [5.41, 5.74) is 5.62. The van der Waals surface area contributed by atoms with Crippen LogP contribution >= 0.6 is 15.9 Å². The number of halogens is 1. The van der Waals surface area contributed by atoms with Crippen LogP contribution in [0.25, 0.3) is 0 Å². The van der Waals surface area contributed by atoms with E-state index < -0.39 is 0 Å². The molecule has 0 unspecified atom stereocenters. The monoisotopic (exact) mass is 242 g/mol. The van der Waals surface area contributed by atoms with Gasteiger partial charge in [-0.3, -0.25) is 0 Å². The highest BCUT2D eigenvalue weighted by atomic mass is 79.9. The van der Waals surface area contributed by atoms with E-state index in [0.717, 1.165) is 10.3 Å². The number of rotatable bonds is 2. The average molecular weight is 243 g/mol. The summed E-state index contributed by atoms with van der Waals surface area (Å²) >= 11 is 3.35. The molecule has 0 radical (unpaired) electrons. The Morgan fingerprint density at radius 3 is 2.85 bits per heavy atom. The van der Waals surface area contributed by atoms with Crippen molar-refractivity contribution in [2.24, 2.45) is 0 Å². The van der Waals surface area contributed by atoms with Gasteiger partial charge in [-0.2, -0.15) is 0 Å². The van der Waals surface area contributed by atoms with Crippen LogP contribution in [0.1, 0.15) is 19.3 Å². The van der Waals surface area contributed by atoms with Crippen LogP contribution in [-0.2, 0) is 0 Å². The molecule has 1 fully saturated rings. The number of nitrogen functional groups attached to an aromatic ring is 1. The zero-order valence-electron chi connectivity index (χ0n) is 7.13. The van der Waals surface area contributed by atoms with Gasteiger partial charge < -0.3 is 11.1 Å². The quantitative estimate of drug-likeness (QED) is 0.831. The summed E-state index contributed by atoms with van der Waals surface area (Å²) in [5, 5.41) is 3.31. The lowest BCUT2D eigenvalue weighted by atomic mass is 9.93. The van der Waals surface area contributed by atoms with Gasteiger partial charge in [-0.05, 0) is 35.2 Å². The zero-order valence-corrected chi connectivity index (χ0v) is 8.71. The summed E-state index contributed by atoms with van der Waals surface area (Å²) in [6, 6.07) is 0.561. The second-order valence-corrected chi connectivity index (χ2v) is 3.99. The summed E-state index contributed by atoms with van der Waals surface area (Å²) in [7, 11) is 0. The highest BCUT2D eigenvalue weighted by Gasteiger charge is 2.18. The first kappa shape index (κ1) is 8.74. The topological polar surface area (TPSA) is 63.8 Å². The van der Waals surface area contributed by atoms with Crippen LogP contribution in [0.2, 0.25) is 0 Å². The first-order chi connectivity index (χ1) is 6.27. The van der Waals surface area contributed by atoms with Crippen LogP contribution in [0.3, 0.4) is 0 Å². The van der Waals surface area contributed by atoms with Crippen molar-refractivity contribution in [3.8, 4) is 0 Å². The van der Waals surface area contributed by atoms with Gasteiger partial charge in [0.2, 0.25) is 0 Å². The third-order valence-electron chi connectivity index (χ3n) is 2.26. The minimum atomic E-state index is 0.483. The summed E-state index contributed by atoms with van der Waals surface area (Å²) in [6.45, 7) is 0. The Bertz CT molecular complexity index is 311. The molecule has 13 heavy (non-hydrogen) atoms. The molecule has 0 spiro atoms. The number of anilines is 2. The van der Waals surface area contributed by atoms with E-state index in [9.17, 15) is 0 Å². The lowest BCUT2D eigenvalue weighted by molar-refractivity contribution is 0.444. The van der Waals surface area contributed by atoms with E-state index in [1.54, 1.807) is 0 Å². The highest BCUT2D eigenvalue weighted by Crippen LogP contribution is 2.28. The second-order valence-electron chi connectivity index (χ2n) is 3.19. The van der Waals surface area contributed by atoms with E-state index in [-0.39, 0.29) is 0 Å². The largest absolute Gasteiger partial charge is 0.383 e. The van der Waals surface area contributed by atoms with E-state index >= 15 is 0 Å². The molecule has 2 rings (SSSR count). The first-order valence-corrected chi connectivity index (χ1v) is 5.09. The van der Waals surface area contributed by atoms with Crippen molar-refractivity contribution in [3.05, 3.63) is 10.8 Å². The van der Waals surface area contributed by atoms with Crippen LogP contribution in [0.4, 0.5) is 11.6 Å². The van der Waals surface area contributed by atoms with Gasteiger partial charge in [0.25, 0.3) is 0 Å². The van der Waals surface area contributed by atoms with Crippen LogP contribution < -0.4 is 11.1 Å². The molecule has 70 valence electrons. The Balaban J connectivity index is 2.14. The first-order valence-electron chi connectivity index (χ1n) is 4.30. The van der Waals surface area contributed by atoms with Gasteiger partial charge in [0.1, 0.15) is 22.4 Å². The molecule has 0 aromatic carbocycles. The molecule has 3 N–H and O–H groups in total. The molecular formula is C8H11BrN4. The maximum absolute atomic E-state index is 5.62. The molecular weight excluding hydrogens is 232 g/mol. The Hall–Kier alpha value is -0.840. The smallest absolute Gasteiger partial charge is 0.146 e. The predicted molar refractivity (Wildman–Crippen MR) is 55.4 cm³/mol. The van der Waals surface area contributed by atoms with E-state index in [2.05, 4.69) is 31.2 Å². The van der Waals surface area contributed by atoms with Gasteiger partial charge in [0.15, 0.2) is 0 Å². The number of nitrogens with two attached hydrogens (primary N) is 1. The molecule has 1 aliphatic rings. The highest BCUT2D eigenvalue weighted by molar-refractivity contribution is 9.10. The van der Waals surface area contributed by atoms with Gasteiger partial charge in [0.05, 0.1) is 0 Å². The number of hydrogen-bond donors (Lipinski definition) is 2. The molecule has 0 aliphatic heterocycles. The number of hydrogen-bond acceptors (Lipinski definition) is 4. The Morgan fingerprint density at radius 1 is 1.46 bits per heavy atom. The number of aromatic nitrogens is 2. The summed E-state index contributed by atoms with van der Waals surface area (Å²) < 4.78 is 0.766. The lowest BCUT2D eigenvalue weighted by Gasteiger charge is -2.27. The predicted octanol–water partition coefficient (Wildman–Crippen LogP) is 1.79. The fourth-order valence-electron chi connectivity index (χ4n) is 1.23. The molecule has 1 aliphatic carbocycles. The van der Waals surface area contributed by atoms with Gasteiger partial charge >= 0.3 is 0 Å². The third kappa shape index (κ3) is 1.75. The lowest BCUT2D eigenvalue weighted by Crippen LogP contribution is -2.27. The van der Waals surface area contributed by atoms with Crippen molar-refractivity contribution in [2.45, 2.75) is 25.3 Å². The van der Waals surface area contributed by atoms with E-state index in [0.29, 0.717) is 11.9 Å². The normalized spacial score (nSPS) is 16.7. The molecule has 1 heterocycles. The van der Waals surface area contributed by atoms with Crippen molar-refractivity contribution in [2.75, 3.05) is 11.1 Å². The SMILES string of the molecule is Nc1ncnc(NC2CCC2)c1Br. The van der Waals surface area contributed by atoms with Gasteiger partial charge in [-0.15, -0.1) is 0 Å². The molecule has 1 saturated carbocycles. The minimum absolute atomic E-state index is 0.483. The van der Waals surface area contributed by atoms with Crippen molar-refractivity contribution >= 4 is 27.6 Å². The van der Waals surface area contributed by atoms with Crippen molar-refractivity contribution in [1.82, 2.24) is 9.97 Å². The van der Waals surface area contributed by atoms with E-state index in [1.165, 1.54) is 25.6 Å². The molecule has 4 nitrogen and oxygen atoms in total. The van der Waals surface area contributed by atoms with E-state index in [1.807, 2.05) is 0 Å². The third-order valence-corrected chi connectivity index (χ3v) is 3.04. The number of nitrogens with one attached hydrogen (secondary N) is 1. The van der Waals surface area contributed by atoms with Crippen molar-refractivity contribution in [1.29, 1.82) is 0 Å². The zero-order chi connectivity index (χ0) is 9.26. The van der Waals surface area contributed by atoms with Crippen LogP contribution in [0.5, 0.6) is 0 Å². The maximum Gasteiger partial charge on any atom is 0.146 e. The minimum Gasteiger partial charge on any atom is -0.383 e. The molecule has 5 heteroatoms. The van der Waals surface area contributed by atoms with Gasteiger partial charge in [-0.1, -0.05) is 0 Å². The Kier molecular flexibility index (Phi) is 2.35. The maximum atomic E-state index is 5.62. The van der Waals surface area contributed by atoms with Crippen LogP contribution in [0, 0.1) is 0 Å². The number of nitrogens with zero attached hydrogens (tertiary/aromatic N) is 2. The van der Waals surface area contributed by atoms with Crippen LogP contribution in [0.15, 0.2) is 10.8 Å². The standard InChI is InChI=1S/C8H11BrN4/c9-6-7(10)11-4-12-8(6)13-5-2-1-3-5/h4-5H,1-3H2,(H3,10,11,12,13). The van der Waals surface area contributed by atoms with Gasteiger partial charge in [-0.25, -0.2) is 9.97 Å². The fourth-order valence-corrected chi connectivity index (χ4v) is 1.55.